The third-order valence-corrected chi connectivity index (χ3v) is 2.37. The van der Waals surface area contributed by atoms with Crippen molar-refractivity contribution in [3.63, 3.8) is 0 Å². The number of carbonyl (C=O) groups excluding carboxylic acids is 1. The molecule has 0 N–H and O–H groups in total. The lowest BCUT2D eigenvalue weighted by molar-refractivity contribution is 0.0711. The number of aromatic nitrogens is 1. The zero-order valence-electron chi connectivity index (χ0n) is 9.20. The van der Waals surface area contributed by atoms with Crippen LogP contribution in [-0.4, -0.2) is 28.4 Å². The fraction of sp³-hybridized carbons (Fsp3) is 0.455. The SMILES string of the molecule is CCN(C(=O)c1cccc(Cl)n1)C(C)C. The minimum absolute atomic E-state index is 0.0741. The maximum atomic E-state index is 12.0. The minimum atomic E-state index is -0.0741. The molecule has 0 aliphatic heterocycles. The summed E-state index contributed by atoms with van der Waals surface area (Å²) >= 11 is 5.73. The zero-order chi connectivity index (χ0) is 11.4. The molecule has 0 radical (unpaired) electrons. The molecule has 0 unspecified atom stereocenters. The van der Waals surface area contributed by atoms with Crippen LogP contribution in [0.25, 0.3) is 0 Å². The standard InChI is InChI=1S/C11H15ClN2O/c1-4-14(8(2)3)11(15)9-6-5-7-10(12)13-9/h5-8H,4H2,1-3H3. The summed E-state index contributed by atoms with van der Waals surface area (Å²) in [4.78, 5) is 17.7. The summed E-state index contributed by atoms with van der Waals surface area (Å²) in [6.07, 6.45) is 0. The van der Waals surface area contributed by atoms with E-state index in [0.29, 0.717) is 17.4 Å². The first kappa shape index (κ1) is 12.0. The number of rotatable bonds is 3. The lowest BCUT2D eigenvalue weighted by Crippen LogP contribution is -2.37. The highest BCUT2D eigenvalue weighted by atomic mass is 35.5. The van der Waals surface area contributed by atoms with E-state index in [-0.39, 0.29) is 11.9 Å². The molecule has 82 valence electrons. The molecule has 1 aromatic heterocycles. The van der Waals surface area contributed by atoms with Crippen molar-refractivity contribution in [1.82, 2.24) is 9.88 Å². The highest BCUT2D eigenvalue weighted by molar-refractivity contribution is 6.29. The summed E-state index contributed by atoms with van der Waals surface area (Å²) < 4.78 is 0. The van der Waals surface area contributed by atoms with Crippen LogP contribution >= 0.6 is 11.6 Å². The average Bonchev–Trinajstić information content (AvgIpc) is 2.18. The lowest BCUT2D eigenvalue weighted by Gasteiger charge is -2.24. The molecule has 0 aliphatic carbocycles. The number of amides is 1. The first-order valence-electron chi connectivity index (χ1n) is 4.99. The Morgan fingerprint density at radius 1 is 1.53 bits per heavy atom. The maximum Gasteiger partial charge on any atom is 0.272 e. The largest absolute Gasteiger partial charge is 0.335 e. The van der Waals surface area contributed by atoms with Crippen LogP contribution in [0.15, 0.2) is 18.2 Å². The van der Waals surface area contributed by atoms with Gasteiger partial charge in [-0.15, -0.1) is 0 Å². The van der Waals surface area contributed by atoms with Gasteiger partial charge in [0.1, 0.15) is 10.8 Å². The van der Waals surface area contributed by atoms with Crippen molar-refractivity contribution in [3.05, 3.63) is 29.0 Å². The topological polar surface area (TPSA) is 33.2 Å². The van der Waals surface area contributed by atoms with Gasteiger partial charge in [-0.1, -0.05) is 17.7 Å². The molecule has 1 amide bonds. The number of hydrogen-bond acceptors (Lipinski definition) is 2. The van der Waals surface area contributed by atoms with Crippen LogP contribution in [0.4, 0.5) is 0 Å². The summed E-state index contributed by atoms with van der Waals surface area (Å²) in [5, 5.41) is 0.348. The Hall–Kier alpha value is -1.09. The number of hydrogen-bond donors (Lipinski definition) is 0. The van der Waals surface area contributed by atoms with Crippen molar-refractivity contribution in [2.75, 3.05) is 6.54 Å². The Bertz CT molecular complexity index is 352. The molecule has 0 fully saturated rings. The van der Waals surface area contributed by atoms with E-state index in [4.69, 9.17) is 11.6 Å². The van der Waals surface area contributed by atoms with Gasteiger partial charge in [0.05, 0.1) is 0 Å². The van der Waals surface area contributed by atoms with E-state index in [1.54, 1.807) is 23.1 Å². The van der Waals surface area contributed by atoms with Crippen LogP contribution in [0.3, 0.4) is 0 Å². The summed E-state index contributed by atoms with van der Waals surface area (Å²) in [7, 11) is 0. The second-order valence-corrected chi connectivity index (χ2v) is 3.92. The van der Waals surface area contributed by atoms with Gasteiger partial charge in [-0.3, -0.25) is 4.79 Å². The van der Waals surface area contributed by atoms with Crippen molar-refractivity contribution >= 4 is 17.5 Å². The van der Waals surface area contributed by atoms with Gasteiger partial charge >= 0.3 is 0 Å². The fourth-order valence-corrected chi connectivity index (χ4v) is 1.58. The molecule has 0 saturated heterocycles. The Kier molecular flexibility index (Phi) is 4.09. The van der Waals surface area contributed by atoms with E-state index in [1.165, 1.54) is 0 Å². The molecule has 0 atom stereocenters. The normalized spacial score (nSPS) is 10.5. The first-order chi connectivity index (χ1) is 7.06. The maximum absolute atomic E-state index is 12.0. The van der Waals surface area contributed by atoms with E-state index in [1.807, 2.05) is 20.8 Å². The summed E-state index contributed by atoms with van der Waals surface area (Å²) in [6.45, 7) is 6.57. The lowest BCUT2D eigenvalue weighted by atomic mass is 10.2. The number of halogens is 1. The highest BCUT2D eigenvalue weighted by Crippen LogP contribution is 2.09. The van der Waals surface area contributed by atoms with Crippen LogP contribution in [0.1, 0.15) is 31.3 Å². The van der Waals surface area contributed by atoms with Gasteiger partial charge in [-0.2, -0.15) is 0 Å². The number of carbonyl (C=O) groups is 1. The third kappa shape index (κ3) is 2.93. The van der Waals surface area contributed by atoms with Crippen LogP contribution in [0.5, 0.6) is 0 Å². The first-order valence-corrected chi connectivity index (χ1v) is 5.37. The molecular formula is C11H15ClN2O. The molecule has 1 rings (SSSR count). The van der Waals surface area contributed by atoms with E-state index in [0.717, 1.165) is 0 Å². The van der Waals surface area contributed by atoms with Gasteiger partial charge in [-0.05, 0) is 32.9 Å². The van der Waals surface area contributed by atoms with Gasteiger partial charge in [-0.25, -0.2) is 4.98 Å². The van der Waals surface area contributed by atoms with E-state index in [9.17, 15) is 4.79 Å². The van der Waals surface area contributed by atoms with Crippen LogP contribution < -0.4 is 0 Å². The van der Waals surface area contributed by atoms with Crippen LogP contribution in [0.2, 0.25) is 5.15 Å². The van der Waals surface area contributed by atoms with Gasteiger partial charge in [0.2, 0.25) is 0 Å². The van der Waals surface area contributed by atoms with Crippen LogP contribution in [-0.2, 0) is 0 Å². The van der Waals surface area contributed by atoms with Gasteiger partial charge in [0, 0.05) is 12.6 Å². The molecule has 15 heavy (non-hydrogen) atoms. The molecule has 1 aromatic rings. The molecule has 0 spiro atoms. The molecule has 0 aliphatic rings. The molecule has 0 saturated carbocycles. The quantitative estimate of drug-likeness (QED) is 0.743. The smallest absolute Gasteiger partial charge is 0.272 e. The van der Waals surface area contributed by atoms with E-state index < -0.39 is 0 Å². The molecule has 0 aromatic carbocycles. The Labute approximate surface area is 95.1 Å². The van der Waals surface area contributed by atoms with Crippen molar-refractivity contribution in [2.45, 2.75) is 26.8 Å². The van der Waals surface area contributed by atoms with Crippen LogP contribution in [0, 0.1) is 0 Å². The number of nitrogens with zero attached hydrogens (tertiary/aromatic N) is 2. The Balaban J connectivity index is 2.93. The van der Waals surface area contributed by atoms with Gasteiger partial charge in [0.15, 0.2) is 0 Å². The average molecular weight is 227 g/mol. The predicted molar refractivity (Wildman–Crippen MR) is 61.1 cm³/mol. The second kappa shape index (κ2) is 5.12. The highest BCUT2D eigenvalue weighted by Gasteiger charge is 2.17. The molecule has 4 heteroatoms. The Morgan fingerprint density at radius 2 is 2.20 bits per heavy atom. The number of pyridine rings is 1. The van der Waals surface area contributed by atoms with Gasteiger partial charge < -0.3 is 4.90 Å². The molecule has 3 nitrogen and oxygen atoms in total. The Morgan fingerprint density at radius 3 is 2.67 bits per heavy atom. The monoisotopic (exact) mass is 226 g/mol. The van der Waals surface area contributed by atoms with Crippen molar-refractivity contribution < 1.29 is 4.79 Å². The molecular weight excluding hydrogens is 212 g/mol. The summed E-state index contributed by atoms with van der Waals surface area (Å²) in [5.41, 5.74) is 0.401. The second-order valence-electron chi connectivity index (χ2n) is 3.53. The van der Waals surface area contributed by atoms with E-state index in [2.05, 4.69) is 4.98 Å². The van der Waals surface area contributed by atoms with Crippen molar-refractivity contribution in [3.8, 4) is 0 Å². The molecule has 0 bridgehead atoms. The van der Waals surface area contributed by atoms with Gasteiger partial charge in [0.25, 0.3) is 5.91 Å². The predicted octanol–water partition coefficient (Wildman–Crippen LogP) is 2.61. The summed E-state index contributed by atoms with van der Waals surface area (Å²) in [6, 6.07) is 5.24. The summed E-state index contributed by atoms with van der Waals surface area (Å²) in [5.74, 6) is -0.0741. The fourth-order valence-electron chi connectivity index (χ4n) is 1.42. The molecule has 1 heterocycles. The third-order valence-electron chi connectivity index (χ3n) is 2.16. The zero-order valence-corrected chi connectivity index (χ0v) is 9.95. The van der Waals surface area contributed by atoms with Crippen molar-refractivity contribution in [1.29, 1.82) is 0 Å². The minimum Gasteiger partial charge on any atom is -0.335 e. The van der Waals surface area contributed by atoms with Crippen molar-refractivity contribution in [2.24, 2.45) is 0 Å². The van der Waals surface area contributed by atoms with E-state index >= 15 is 0 Å².